The molecule has 1 fully saturated rings. The number of alkyl halides is 1. The van der Waals surface area contributed by atoms with Crippen LogP contribution >= 0.6 is 0 Å². The Morgan fingerprint density at radius 1 is 1.44 bits per heavy atom. The highest BCUT2D eigenvalue weighted by Gasteiger charge is 2.30. The Kier molecular flexibility index (Phi) is 3.39. The topological polar surface area (TPSA) is 50.9 Å². The van der Waals surface area contributed by atoms with E-state index in [1.54, 1.807) is 12.3 Å². The van der Waals surface area contributed by atoms with Crippen molar-refractivity contribution in [3.63, 3.8) is 0 Å². The minimum Gasteiger partial charge on any atom is -0.384 e. The van der Waals surface area contributed by atoms with Gasteiger partial charge in [-0.05, 0) is 50.0 Å². The van der Waals surface area contributed by atoms with Gasteiger partial charge in [0.2, 0.25) is 0 Å². The summed E-state index contributed by atoms with van der Waals surface area (Å²) in [6, 6.07) is 3.61. The summed E-state index contributed by atoms with van der Waals surface area (Å²) in [7, 11) is 0. The van der Waals surface area contributed by atoms with Gasteiger partial charge in [0.25, 0.3) is 0 Å². The van der Waals surface area contributed by atoms with E-state index in [1.165, 1.54) is 0 Å². The average Bonchev–Trinajstić information content (AvgIpc) is 2.43. The number of hydrogen-bond acceptors (Lipinski definition) is 3. The molecule has 2 heterocycles. The Labute approximate surface area is 95.3 Å². The maximum Gasteiger partial charge on any atom is 0.123 e. The molecule has 88 valence electrons. The van der Waals surface area contributed by atoms with Crippen LogP contribution < -0.4 is 11.1 Å². The molecular formula is C12H18FN3. The van der Waals surface area contributed by atoms with Gasteiger partial charge < -0.3 is 11.1 Å². The summed E-state index contributed by atoms with van der Waals surface area (Å²) < 4.78 is 14.5. The van der Waals surface area contributed by atoms with Crippen LogP contribution in [0.2, 0.25) is 0 Å². The van der Waals surface area contributed by atoms with Crippen LogP contribution in [0.1, 0.15) is 24.8 Å². The molecule has 1 aliphatic heterocycles. The Hall–Kier alpha value is -1.16. The van der Waals surface area contributed by atoms with Crippen molar-refractivity contribution in [2.75, 3.05) is 18.8 Å². The second kappa shape index (κ2) is 4.78. The van der Waals surface area contributed by atoms with Gasteiger partial charge in [0.15, 0.2) is 0 Å². The summed E-state index contributed by atoms with van der Waals surface area (Å²) in [5, 5.41) is 3.22. The number of nitrogens with one attached hydrogen (secondary N) is 1. The number of halogens is 1. The molecule has 0 amide bonds. The van der Waals surface area contributed by atoms with E-state index in [2.05, 4.69) is 10.3 Å². The van der Waals surface area contributed by atoms with E-state index in [0.717, 1.165) is 25.1 Å². The van der Waals surface area contributed by atoms with Crippen LogP contribution in [0.25, 0.3) is 0 Å². The minimum absolute atomic E-state index is 0.446. The first-order valence-electron chi connectivity index (χ1n) is 5.78. The van der Waals surface area contributed by atoms with Gasteiger partial charge in [0.1, 0.15) is 11.5 Å². The second-order valence-electron chi connectivity index (χ2n) is 4.52. The van der Waals surface area contributed by atoms with Crippen molar-refractivity contribution in [3.8, 4) is 0 Å². The van der Waals surface area contributed by atoms with Crippen molar-refractivity contribution >= 4 is 5.82 Å². The summed E-state index contributed by atoms with van der Waals surface area (Å²) in [5.74, 6) is 0.466. The molecule has 1 saturated heterocycles. The van der Waals surface area contributed by atoms with Crippen LogP contribution in [0.4, 0.5) is 10.2 Å². The van der Waals surface area contributed by atoms with E-state index in [9.17, 15) is 4.39 Å². The highest BCUT2D eigenvalue weighted by molar-refractivity contribution is 5.32. The van der Waals surface area contributed by atoms with Gasteiger partial charge in [-0.1, -0.05) is 0 Å². The smallest absolute Gasteiger partial charge is 0.123 e. The third kappa shape index (κ3) is 2.92. The van der Waals surface area contributed by atoms with Crippen LogP contribution in [0, 0.1) is 0 Å². The van der Waals surface area contributed by atoms with Crippen LogP contribution in [-0.4, -0.2) is 23.7 Å². The molecule has 3 nitrogen and oxygen atoms in total. The van der Waals surface area contributed by atoms with E-state index >= 15 is 0 Å². The van der Waals surface area contributed by atoms with Gasteiger partial charge in [-0.2, -0.15) is 0 Å². The number of nitrogen functional groups attached to an aromatic ring is 1. The van der Waals surface area contributed by atoms with Crippen LogP contribution in [0.15, 0.2) is 18.3 Å². The van der Waals surface area contributed by atoms with E-state index in [1.807, 2.05) is 6.07 Å². The largest absolute Gasteiger partial charge is 0.384 e. The minimum atomic E-state index is -1.09. The van der Waals surface area contributed by atoms with Gasteiger partial charge in [-0.25, -0.2) is 9.37 Å². The normalized spacial score (nSPS) is 26.3. The average molecular weight is 223 g/mol. The molecule has 16 heavy (non-hydrogen) atoms. The van der Waals surface area contributed by atoms with Crippen molar-refractivity contribution in [1.82, 2.24) is 10.3 Å². The molecule has 3 N–H and O–H groups in total. The fourth-order valence-electron chi connectivity index (χ4n) is 2.24. The first-order chi connectivity index (χ1) is 7.68. The zero-order valence-electron chi connectivity index (χ0n) is 9.38. The summed E-state index contributed by atoms with van der Waals surface area (Å²) in [5.41, 5.74) is 5.45. The molecule has 0 radical (unpaired) electrons. The molecular weight excluding hydrogens is 205 g/mol. The van der Waals surface area contributed by atoms with E-state index < -0.39 is 5.67 Å². The molecule has 0 spiro atoms. The fraction of sp³-hybridized carbons (Fsp3) is 0.583. The summed E-state index contributed by atoms with van der Waals surface area (Å²) in [6.07, 6.45) is 4.19. The first-order valence-corrected chi connectivity index (χ1v) is 5.78. The maximum atomic E-state index is 14.5. The predicted octanol–water partition coefficient (Wildman–Crippen LogP) is 1.69. The number of aromatic nitrogens is 1. The summed E-state index contributed by atoms with van der Waals surface area (Å²) in [4.78, 5) is 3.92. The lowest BCUT2D eigenvalue weighted by molar-refractivity contribution is 0.144. The van der Waals surface area contributed by atoms with Gasteiger partial charge in [0, 0.05) is 12.6 Å². The number of nitrogens with zero attached hydrogens (tertiary/aromatic N) is 1. The molecule has 0 aromatic carbocycles. The third-order valence-corrected chi connectivity index (χ3v) is 3.09. The molecule has 1 atom stereocenters. The lowest BCUT2D eigenvalue weighted by atomic mass is 9.90. The number of hydrogen-bond donors (Lipinski definition) is 2. The molecule has 1 aromatic heterocycles. The first kappa shape index (κ1) is 11.3. The van der Waals surface area contributed by atoms with Crippen molar-refractivity contribution in [2.45, 2.75) is 31.4 Å². The summed E-state index contributed by atoms with van der Waals surface area (Å²) in [6.45, 7) is 1.68. The zero-order chi connectivity index (χ0) is 11.4. The molecule has 1 aromatic rings. The molecule has 4 heteroatoms. The van der Waals surface area contributed by atoms with Crippen molar-refractivity contribution in [1.29, 1.82) is 0 Å². The Morgan fingerprint density at radius 3 is 3.12 bits per heavy atom. The number of pyridine rings is 1. The van der Waals surface area contributed by atoms with E-state index in [-0.39, 0.29) is 0 Å². The van der Waals surface area contributed by atoms with E-state index in [0.29, 0.717) is 25.1 Å². The lowest BCUT2D eigenvalue weighted by Gasteiger charge is -2.23. The Balaban J connectivity index is 2.06. The Bertz CT molecular complexity index is 346. The standard InChI is InChI=1S/C12H18FN3/c13-12(3-1-5-15-7-4-12)9-10-2-6-16-11(14)8-10/h2,6,8,15H,1,3-5,7,9H2,(H2,14,16). The monoisotopic (exact) mass is 223 g/mol. The molecule has 0 bridgehead atoms. The zero-order valence-corrected chi connectivity index (χ0v) is 9.38. The molecule has 0 aliphatic carbocycles. The van der Waals surface area contributed by atoms with Gasteiger partial charge in [-0.3, -0.25) is 0 Å². The molecule has 1 unspecified atom stereocenters. The highest BCUT2D eigenvalue weighted by atomic mass is 19.1. The van der Waals surface area contributed by atoms with Gasteiger partial charge in [0.05, 0.1) is 0 Å². The quantitative estimate of drug-likeness (QED) is 0.802. The van der Waals surface area contributed by atoms with E-state index in [4.69, 9.17) is 5.73 Å². The highest BCUT2D eigenvalue weighted by Crippen LogP contribution is 2.28. The molecule has 1 aliphatic rings. The number of rotatable bonds is 2. The molecule has 2 rings (SSSR count). The van der Waals surface area contributed by atoms with Crippen LogP contribution in [-0.2, 0) is 6.42 Å². The van der Waals surface area contributed by atoms with Crippen LogP contribution in [0.5, 0.6) is 0 Å². The summed E-state index contributed by atoms with van der Waals surface area (Å²) >= 11 is 0. The van der Waals surface area contributed by atoms with Gasteiger partial charge >= 0.3 is 0 Å². The number of nitrogens with two attached hydrogens (primary N) is 1. The molecule has 0 saturated carbocycles. The SMILES string of the molecule is Nc1cc(CC2(F)CCCNCC2)ccn1. The van der Waals surface area contributed by atoms with Crippen LogP contribution in [0.3, 0.4) is 0 Å². The maximum absolute atomic E-state index is 14.5. The fourth-order valence-corrected chi connectivity index (χ4v) is 2.24. The number of anilines is 1. The van der Waals surface area contributed by atoms with Crippen molar-refractivity contribution in [3.05, 3.63) is 23.9 Å². The predicted molar refractivity (Wildman–Crippen MR) is 62.9 cm³/mol. The lowest BCUT2D eigenvalue weighted by Crippen LogP contribution is -2.27. The second-order valence-corrected chi connectivity index (χ2v) is 4.52. The van der Waals surface area contributed by atoms with Gasteiger partial charge in [-0.15, -0.1) is 0 Å². The Morgan fingerprint density at radius 2 is 2.31 bits per heavy atom. The van der Waals surface area contributed by atoms with Crippen molar-refractivity contribution in [2.24, 2.45) is 0 Å². The third-order valence-electron chi connectivity index (χ3n) is 3.09. The van der Waals surface area contributed by atoms with Crippen molar-refractivity contribution < 1.29 is 4.39 Å².